The first-order valence-electron chi connectivity index (χ1n) is 21.6. The van der Waals surface area contributed by atoms with Gasteiger partial charge >= 0.3 is 12.2 Å². The van der Waals surface area contributed by atoms with Crippen LogP contribution in [0.4, 0.5) is 9.59 Å². The van der Waals surface area contributed by atoms with Gasteiger partial charge in [-0.05, 0) is 18.4 Å². The van der Waals surface area contributed by atoms with Gasteiger partial charge in [-0.15, -0.1) is 0 Å². The molecule has 1 heterocycles. The van der Waals surface area contributed by atoms with Crippen LogP contribution >= 0.6 is 0 Å². The van der Waals surface area contributed by atoms with Crippen molar-refractivity contribution in [2.45, 2.75) is 192 Å². The molecule has 55 heavy (non-hydrogen) atoms. The molecule has 0 aliphatic carbocycles. The molecular weight excluding hydrogens is 702 g/mol. The summed E-state index contributed by atoms with van der Waals surface area (Å²) in [6, 6.07) is 7.84. The highest BCUT2D eigenvalue weighted by molar-refractivity contribution is 5.82. The number of unbranched alkanes of at least 4 members (excludes halogenated alkanes) is 20. The molecule has 316 valence electrons. The van der Waals surface area contributed by atoms with Crippen LogP contribution in [0.2, 0.25) is 0 Å². The summed E-state index contributed by atoms with van der Waals surface area (Å²) in [7, 11) is 0. The molecule has 1 aliphatic rings. The number of hydrogen-bond donors (Lipinski definition) is 5. The van der Waals surface area contributed by atoms with Crippen molar-refractivity contribution >= 4 is 18.1 Å². The van der Waals surface area contributed by atoms with E-state index >= 15 is 0 Å². The third-order valence-electron chi connectivity index (χ3n) is 10.4. The van der Waals surface area contributed by atoms with Crippen LogP contribution in [-0.2, 0) is 25.6 Å². The van der Waals surface area contributed by atoms with Crippen LogP contribution in [0.25, 0.3) is 0 Å². The van der Waals surface area contributed by atoms with E-state index in [1.54, 1.807) is 12.1 Å². The molecule has 3 amide bonds. The Balaban J connectivity index is 1.98. The fourth-order valence-electron chi connectivity index (χ4n) is 6.96. The van der Waals surface area contributed by atoms with Gasteiger partial charge in [-0.25, -0.2) is 9.59 Å². The van der Waals surface area contributed by atoms with E-state index in [0.29, 0.717) is 12.8 Å². The minimum Gasteiger partial charge on any atom is -0.449 e. The van der Waals surface area contributed by atoms with Gasteiger partial charge in [0.05, 0.1) is 13.2 Å². The fourth-order valence-corrected chi connectivity index (χ4v) is 6.96. The van der Waals surface area contributed by atoms with Crippen molar-refractivity contribution in [3.05, 3.63) is 35.9 Å². The zero-order chi connectivity index (χ0) is 39.9. The van der Waals surface area contributed by atoms with E-state index in [4.69, 9.17) is 14.2 Å². The van der Waals surface area contributed by atoms with Crippen LogP contribution < -0.4 is 10.6 Å². The lowest BCUT2D eigenvalue weighted by molar-refractivity contribution is -0.226. The largest absolute Gasteiger partial charge is 0.449 e. The summed E-state index contributed by atoms with van der Waals surface area (Å²) in [6.07, 6.45) is 18.3. The molecule has 5 N–H and O–H groups in total. The van der Waals surface area contributed by atoms with Gasteiger partial charge in [-0.2, -0.15) is 0 Å². The fraction of sp³-hybridized carbons (Fsp3) is 0.791. The number of nitrogens with zero attached hydrogens (tertiary/aromatic N) is 1. The Bertz CT molecular complexity index is 1130. The molecule has 1 aromatic rings. The molecule has 1 fully saturated rings. The molecule has 1 aromatic carbocycles. The van der Waals surface area contributed by atoms with Crippen LogP contribution in [-0.4, -0.2) is 95.2 Å². The van der Waals surface area contributed by atoms with E-state index in [1.165, 1.54) is 94.8 Å². The first kappa shape index (κ1) is 48.2. The molecule has 5 atom stereocenters. The van der Waals surface area contributed by atoms with Crippen molar-refractivity contribution in [2.24, 2.45) is 0 Å². The number of amides is 3. The Morgan fingerprint density at radius 2 is 1.20 bits per heavy atom. The summed E-state index contributed by atoms with van der Waals surface area (Å²) in [5.74, 6) is -0.687. The predicted molar refractivity (Wildman–Crippen MR) is 215 cm³/mol. The van der Waals surface area contributed by atoms with E-state index in [-0.39, 0.29) is 19.8 Å². The van der Waals surface area contributed by atoms with E-state index in [1.807, 2.05) is 18.2 Å². The molecule has 2 rings (SSSR count). The van der Waals surface area contributed by atoms with Gasteiger partial charge in [-0.3, -0.25) is 9.69 Å². The SMILES string of the molecule is CCCCCCCCCCCCCCN(C(=O)OCCCCCCCCCCCC)[C@@H]1O[C@H](CO)[C@H](O)[C@H](O)[C@H]1NC(=O)CNC(=O)OCc1ccccc1. The monoisotopic (exact) mass is 778 g/mol. The number of aliphatic hydroxyl groups excluding tert-OH is 3. The number of nitrogens with one attached hydrogen (secondary N) is 2. The lowest BCUT2D eigenvalue weighted by atomic mass is 9.95. The van der Waals surface area contributed by atoms with Crippen molar-refractivity contribution in [3.63, 3.8) is 0 Å². The molecule has 1 saturated heterocycles. The van der Waals surface area contributed by atoms with Crippen molar-refractivity contribution in [1.82, 2.24) is 15.5 Å². The van der Waals surface area contributed by atoms with Crippen LogP contribution in [0.15, 0.2) is 30.3 Å². The maximum Gasteiger partial charge on any atom is 0.411 e. The summed E-state index contributed by atoms with van der Waals surface area (Å²) < 4.78 is 16.9. The van der Waals surface area contributed by atoms with Crippen molar-refractivity contribution in [3.8, 4) is 0 Å². The molecule has 12 heteroatoms. The quantitative estimate of drug-likeness (QED) is 0.0471. The second-order valence-electron chi connectivity index (χ2n) is 15.1. The zero-order valence-electron chi connectivity index (χ0n) is 34.1. The van der Waals surface area contributed by atoms with Crippen LogP contribution in [0.3, 0.4) is 0 Å². The minimum absolute atomic E-state index is 0.0234. The lowest BCUT2D eigenvalue weighted by Crippen LogP contribution is -2.69. The Kier molecular flexibility index (Phi) is 27.3. The summed E-state index contributed by atoms with van der Waals surface area (Å²) in [5, 5.41) is 37.0. The van der Waals surface area contributed by atoms with Crippen LogP contribution in [0.5, 0.6) is 0 Å². The van der Waals surface area contributed by atoms with Gasteiger partial charge in [-0.1, -0.05) is 173 Å². The predicted octanol–water partition coefficient (Wildman–Crippen LogP) is 7.90. The number of benzene rings is 1. The van der Waals surface area contributed by atoms with E-state index in [2.05, 4.69) is 24.5 Å². The number of carbonyl (C=O) groups is 3. The van der Waals surface area contributed by atoms with Crippen LogP contribution in [0.1, 0.15) is 161 Å². The molecular formula is C43H75N3O9. The average molecular weight is 778 g/mol. The second-order valence-corrected chi connectivity index (χ2v) is 15.1. The van der Waals surface area contributed by atoms with Gasteiger partial charge in [0.15, 0.2) is 6.23 Å². The summed E-state index contributed by atoms with van der Waals surface area (Å²) in [6.45, 7) is 3.84. The maximum atomic E-state index is 13.7. The minimum atomic E-state index is -1.58. The molecule has 0 saturated carbocycles. The van der Waals surface area contributed by atoms with Crippen molar-refractivity contribution in [1.29, 1.82) is 0 Å². The molecule has 0 aromatic heterocycles. The van der Waals surface area contributed by atoms with E-state index in [0.717, 1.165) is 44.1 Å². The first-order chi connectivity index (χ1) is 26.8. The Labute approximate surface area is 331 Å². The van der Waals surface area contributed by atoms with Gasteiger partial charge in [0.2, 0.25) is 5.91 Å². The third kappa shape index (κ3) is 21.3. The second kappa shape index (κ2) is 31.2. The Morgan fingerprint density at radius 3 is 1.73 bits per heavy atom. The number of alkyl carbamates (subject to hydrolysis) is 1. The molecule has 0 bridgehead atoms. The lowest BCUT2D eigenvalue weighted by Gasteiger charge is -2.46. The number of rotatable bonds is 31. The van der Waals surface area contributed by atoms with E-state index < -0.39 is 61.8 Å². The van der Waals surface area contributed by atoms with Gasteiger partial charge < -0.3 is 40.2 Å². The van der Waals surface area contributed by atoms with Gasteiger partial charge in [0.25, 0.3) is 0 Å². The Morgan fingerprint density at radius 1 is 0.691 bits per heavy atom. The first-order valence-corrected chi connectivity index (χ1v) is 21.6. The van der Waals surface area contributed by atoms with Gasteiger partial charge in [0, 0.05) is 6.54 Å². The third-order valence-corrected chi connectivity index (χ3v) is 10.4. The number of carbonyl (C=O) groups excluding carboxylic acids is 3. The highest BCUT2D eigenvalue weighted by atomic mass is 16.6. The number of hydrogen-bond acceptors (Lipinski definition) is 9. The topological polar surface area (TPSA) is 167 Å². The normalized spacial score (nSPS) is 19.5. The average Bonchev–Trinajstić information content (AvgIpc) is 3.19. The summed E-state index contributed by atoms with van der Waals surface area (Å²) in [5.41, 5.74) is 0.785. The molecule has 12 nitrogen and oxygen atoms in total. The maximum absolute atomic E-state index is 13.7. The highest BCUT2D eigenvalue weighted by Gasteiger charge is 2.48. The highest BCUT2D eigenvalue weighted by Crippen LogP contribution is 2.25. The van der Waals surface area contributed by atoms with Crippen molar-refractivity contribution in [2.75, 3.05) is 26.3 Å². The standard InChI is InChI=1S/C43H75N3O9/c1-3-5-7-9-11-13-15-16-17-19-21-26-30-46(43(52)53-31-27-22-20-18-14-12-10-8-6-4-2)41-38(40(50)39(49)36(33-47)55-41)45-37(48)32-44-42(51)54-34-35-28-24-23-25-29-35/h23-25,28-29,36,38-41,47,49-50H,3-22,26-27,30-34H2,1-2H3,(H,44,51)(H,45,48)/t36-,38-,39+,40-,41-/m1/s1. The van der Waals surface area contributed by atoms with Gasteiger partial charge in [0.1, 0.15) is 37.5 Å². The smallest absolute Gasteiger partial charge is 0.411 e. The molecule has 1 aliphatic heterocycles. The zero-order valence-corrected chi connectivity index (χ0v) is 34.1. The number of ether oxygens (including phenoxy) is 3. The van der Waals surface area contributed by atoms with Crippen LogP contribution in [0, 0.1) is 0 Å². The Hall–Kier alpha value is -2.93. The summed E-state index contributed by atoms with van der Waals surface area (Å²) >= 11 is 0. The van der Waals surface area contributed by atoms with E-state index in [9.17, 15) is 29.7 Å². The molecule has 0 radical (unpaired) electrons. The summed E-state index contributed by atoms with van der Waals surface area (Å²) in [4.78, 5) is 40.4. The molecule has 0 unspecified atom stereocenters. The molecule has 0 spiro atoms. The number of aliphatic hydroxyl groups is 3. The van der Waals surface area contributed by atoms with Crippen molar-refractivity contribution < 1.29 is 43.9 Å².